The van der Waals surface area contributed by atoms with Gasteiger partial charge in [-0.15, -0.1) is 0 Å². The fourth-order valence-corrected chi connectivity index (χ4v) is 0. The summed E-state index contributed by atoms with van der Waals surface area (Å²) in [4.78, 5) is 0. The maximum atomic E-state index is 5.02. The summed E-state index contributed by atoms with van der Waals surface area (Å²) in [5.41, 5.74) is 0. The fourth-order valence-electron chi connectivity index (χ4n) is 0. The van der Waals surface area contributed by atoms with Crippen molar-refractivity contribution in [1.82, 2.24) is 18.5 Å². The minimum atomic E-state index is -4.04. The van der Waals surface area contributed by atoms with E-state index in [1.165, 1.54) is 0 Å². The van der Waals surface area contributed by atoms with E-state index in [1.807, 2.05) is 0 Å². The third kappa shape index (κ3) is 467. The van der Waals surface area contributed by atoms with Crippen LogP contribution in [0.5, 0.6) is 0 Å². The third-order valence-corrected chi connectivity index (χ3v) is 0. The Labute approximate surface area is 222 Å². The van der Waals surface area contributed by atoms with Crippen molar-refractivity contribution in [2.75, 3.05) is 0 Å². The molecular formula is H12Cl18N3Rh3. The SMILES string of the molecule is [Cl-].[Cl-].[Cl-].[Cl][Rh]([Cl])([Cl])([Cl])[Cl].[Cl][Rh]([Cl])([Cl])([Cl])[Cl].[Cl][Rh]([Cl])([Cl])([Cl])[Cl].[NH4+].[NH4+].[NH4+]. The third-order valence-electron chi connectivity index (χ3n) is 0. The van der Waals surface area contributed by atoms with Crippen LogP contribution in [0.3, 0.4) is 0 Å². The van der Waals surface area contributed by atoms with Crippen LogP contribution in [0.2, 0.25) is 0 Å². The number of hydrogen-bond acceptors (Lipinski definition) is 0. The molecule has 0 fully saturated rings. The first kappa shape index (κ1) is 57.6. The molecule has 0 saturated carbocycles. The van der Waals surface area contributed by atoms with E-state index < -0.39 is 25.9 Å². The molecule has 180 valence electrons. The molecule has 0 aromatic carbocycles. The Hall–Kier alpha value is 6.97. The van der Waals surface area contributed by atoms with E-state index in [-0.39, 0.29) is 55.7 Å². The van der Waals surface area contributed by atoms with Gasteiger partial charge in [0.2, 0.25) is 0 Å². The normalized spacial score (nSPS) is 14.4. The van der Waals surface area contributed by atoms with Gasteiger partial charge in [-0.2, -0.15) is 0 Å². The summed E-state index contributed by atoms with van der Waals surface area (Å²) in [7, 11) is 63.1. The van der Waals surface area contributed by atoms with Gasteiger partial charge in [0.1, 0.15) is 0 Å². The number of hydrogen-bond donors (Lipinski definition) is 3. The second kappa shape index (κ2) is 18.4. The predicted molar refractivity (Wildman–Crippen MR) is 106 cm³/mol. The Morgan fingerprint density at radius 1 is 0.250 bits per heavy atom. The van der Waals surface area contributed by atoms with Crippen molar-refractivity contribution in [2.45, 2.75) is 0 Å². The fraction of sp³-hybridized carbons (Fsp3) is 0. The Morgan fingerprint density at radius 2 is 0.250 bits per heavy atom. The smallest absolute Gasteiger partial charge is 0.369 e. The van der Waals surface area contributed by atoms with Crippen molar-refractivity contribution in [3.8, 4) is 0 Å². The molecule has 0 aliphatic carbocycles. The van der Waals surface area contributed by atoms with Gasteiger partial charge in [0.15, 0.2) is 0 Å². The minimum absolute atomic E-state index is 0. The zero-order valence-electron chi connectivity index (χ0n) is 10.8. The van der Waals surface area contributed by atoms with Gasteiger partial charge < -0.3 is 55.7 Å². The van der Waals surface area contributed by atoms with E-state index in [2.05, 4.69) is 0 Å². The summed E-state index contributed by atoms with van der Waals surface area (Å²) >= 11 is 0. The van der Waals surface area contributed by atoms with Crippen molar-refractivity contribution in [3.05, 3.63) is 0 Å². The van der Waals surface area contributed by atoms with Gasteiger partial charge in [-0.1, -0.05) is 0 Å². The van der Waals surface area contributed by atoms with Crippen molar-refractivity contribution in [2.24, 2.45) is 0 Å². The summed E-state index contributed by atoms with van der Waals surface area (Å²) in [6, 6.07) is 0. The predicted octanol–water partition coefficient (Wildman–Crippen LogP) is 2.48. The van der Waals surface area contributed by atoms with Crippen molar-refractivity contribution < 1.29 is 63.2 Å². The molecular weight excluding hydrogens is 989 g/mol. The maximum absolute atomic E-state index is 5.02. The zero-order valence-corrected chi connectivity index (χ0v) is 29.3. The van der Waals surface area contributed by atoms with Crippen LogP contribution in [0.4, 0.5) is 0 Å². The number of quaternary nitrogens is 3. The molecule has 24 heteroatoms. The molecule has 0 aliphatic heterocycles. The number of rotatable bonds is 0. The van der Waals surface area contributed by atoms with Crippen LogP contribution in [0.1, 0.15) is 0 Å². The summed E-state index contributed by atoms with van der Waals surface area (Å²) in [5.74, 6) is 0. The molecule has 0 atom stereocenters. The topological polar surface area (TPSA) is 110 Å². The van der Waals surface area contributed by atoms with Crippen LogP contribution >= 0.6 is 145 Å². The van der Waals surface area contributed by atoms with Crippen LogP contribution in [0, 0.1) is 0 Å². The average Bonchev–Trinajstić information content (AvgIpc) is 1.29. The Balaban J connectivity index is -0.0000000179. The first-order chi connectivity index (χ1) is 6.71. The van der Waals surface area contributed by atoms with Gasteiger partial charge in [0.05, 0.1) is 0 Å². The molecule has 0 radical (unpaired) electrons. The van der Waals surface area contributed by atoms with E-state index in [0.29, 0.717) is 0 Å². The zero-order chi connectivity index (χ0) is 16.3. The average molecular weight is 1000 g/mol. The molecule has 0 rings (SSSR count). The van der Waals surface area contributed by atoms with E-state index in [0.717, 1.165) is 0 Å². The molecule has 0 bridgehead atoms. The Morgan fingerprint density at radius 3 is 0.250 bits per heavy atom. The Kier molecular flexibility index (Phi) is 44.2. The molecule has 3 nitrogen and oxygen atoms in total. The van der Waals surface area contributed by atoms with Crippen LogP contribution in [0.15, 0.2) is 0 Å². The van der Waals surface area contributed by atoms with E-state index in [1.54, 1.807) is 0 Å². The van der Waals surface area contributed by atoms with Crippen LogP contribution in [-0.2, 0) is 25.9 Å². The summed E-state index contributed by atoms with van der Waals surface area (Å²) in [6.07, 6.45) is 0. The second-order valence-electron chi connectivity index (χ2n) is 1.43. The minimum Gasteiger partial charge on any atom is -0.369 e. The van der Waals surface area contributed by atoms with E-state index in [4.69, 9.17) is 145 Å². The summed E-state index contributed by atoms with van der Waals surface area (Å²) < 4.78 is 0. The molecule has 24 heavy (non-hydrogen) atoms. The van der Waals surface area contributed by atoms with Crippen LogP contribution < -0.4 is 55.7 Å². The molecule has 0 saturated heterocycles. The maximum Gasteiger partial charge on any atom is -0.369 e. The molecule has 0 heterocycles. The van der Waals surface area contributed by atoms with Gasteiger partial charge in [0.25, 0.3) is 0 Å². The molecule has 0 spiro atoms. The first-order valence-corrected chi connectivity index (χ1v) is 33.5. The monoisotopic (exact) mass is 992 g/mol. The van der Waals surface area contributed by atoms with E-state index in [9.17, 15) is 0 Å². The van der Waals surface area contributed by atoms with Gasteiger partial charge in [-0.3, -0.25) is 0 Å². The first-order valence-electron chi connectivity index (χ1n) is 1.89. The van der Waals surface area contributed by atoms with Gasteiger partial charge >= 0.3 is 171 Å². The van der Waals surface area contributed by atoms with Gasteiger partial charge in [0, 0.05) is 0 Å². The van der Waals surface area contributed by atoms with Gasteiger partial charge in [-0.25, -0.2) is 0 Å². The van der Waals surface area contributed by atoms with Crippen LogP contribution in [-0.4, -0.2) is 0 Å². The largest absolute Gasteiger partial charge is 0.369 e. The summed E-state index contributed by atoms with van der Waals surface area (Å²) in [5, 5.41) is 0. The molecule has 0 aromatic heterocycles. The molecule has 0 amide bonds. The number of halogens is 18. The summed E-state index contributed by atoms with van der Waals surface area (Å²) in [6.45, 7) is 0. The molecule has 0 aliphatic rings. The standard InChI is InChI=1S/18ClH.3H3N.3Rh/h18*1H;3*1H3;;;/q;;;;;;;;;;;;;;;;;;;;;3*+5/p-15. The molecule has 12 N–H and O–H groups in total. The quantitative estimate of drug-likeness (QED) is 0.311. The molecule has 0 unspecified atom stereocenters. The van der Waals surface area contributed by atoms with Crippen molar-refractivity contribution in [1.29, 1.82) is 0 Å². The van der Waals surface area contributed by atoms with E-state index >= 15 is 0 Å². The van der Waals surface area contributed by atoms with Gasteiger partial charge in [-0.05, 0) is 0 Å². The van der Waals surface area contributed by atoms with Crippen molar-refractivity contribution in [3.63, 3.8) is 0 Å². The van der Waals surface area contributed by atoms with Crippen molar-refractivity contribution >= 4 is 145 Å². The van der Waals surface area contributed by atoms with Crippen LogP contribution in [0.25, 0.3) is 0 Å². The molecule has 0 aromatic rings. The Bertz CT molecular complexity index is 173. The second-order valence-corrected chi connectivity index (χ2v) is 76.1.